The number of hydrogen-bond donors (Lipinski definition) is 0. The molecule has 1 aliphatic carbocycles. The van der Waals surface area contributed by atoms with Crippen molar-refractivity contribution in [1.29, 1.82) is 0 Å². The fourth-order valence-electron chi connectivity index (χ4n) is 1.83. The average molecular weight is 232 g/mol. The van der Waals surface area contributed by atoms with Crippen LogP contribution in [0, 0.1) is 5.92 Å². The molecule has 0 N–H and O–H groups in total. The minimum Gasteiger partial charge on any atom is -0.469 e. The highest BCUT2D eigenvalue weighted by molar-refractivity contribution is 5.77. The summed E-state index contributed by atoms with van der Waals surface area (Å²) < 4.78 is 4.69. The normalized spacial score (nSPS) is 21.5. The largest absolute Gasteiger partial charge is 0.469 e. The van der Waals surface area contributed by atoms with Crippen LogP contribution in [0.15, 0.2) is 23.3 Å². The third kappa shape index (κ3) is 2.54. The Morgan fingerprint density at radius 3 is 3.24 bits per heavy atom. The van der Waals surface area contributed by atoms with Crippen molar-refractivity contribution in [3.05, 3.63) is 40.0 Å². The maximum Gasteiger partial charge on any atom is 0.309 e. The number of hydrogen-bond acceptors (Lipinski definition) is 4. The molecule has 2 rings (SSSR count). The minimum absolute atomic E-state index is 0.0674. The molecule has 0 aromatic carbocycles. The van der Waals surface area contributed by atoms with Crippen molar-refractivity contribution in [3.8, 4) is 0 Å². The Bertz CT molecular complexity index is 482. The summed E-state index contributed by atoms with van der Waals surface area (Å²) >= 11 is 0. The van der Waals surface area contributed by atoms with Crippen molar-refractivity contribution in [2.75, 3.05) is 7.11 Å². The molecule has 0 radical (unpaired) electrons. The summed E-state index contributed by atoms with van der Waals surface area (Å²) in [4.78, 5) is 18.4. The van der Waals surface area contributed by atoms with Crippen LogP contribution in [-0.4, -0.2) is 18.1 Å². The van der Waals surface area contributed by atoms with Gasteiger partial charge >= 0.3 is 5.97 Å². The van der Waals surface area contributed by atoms with Gasteiger partial charge in [-0.2, -0.15) is 0 Å². The monoisotopic (exact) mass is 232 g/mol. The van der Waals surface area contributed by atoms with Crippen molar-refractivity contribution in [3.63, 3.8) is 0 Å². The molecule has 0 aliphatic heterocycles. The zero-order valence-electron chi connectivity index (χ0n) is 9.41. The molecule has 1 aliphatic rings. The van der Waals surface area contributed by atoms with E-state index in [0.717, 1.165) is 17.8 Å². The fourth-order valence-corrected chi connectivity index (χ4v) is 1.83. The predicted molar refractivity (Wildman–Crippen MR) is 60.0 cm³/mol. The molecule has 1 aromatic heterocycles. The Balaban J connectivity index is 2.08. The van der Waals surface area contributed by atoms with Crippen LogP contribution in [0.5, 0.6) is 0 Å². The SMILES string of the molecule is COC(=O)C1CC1c1cccc(CN=[N+]=[N-])n1. The lowest BCUT2D eigenvalue weighted by Crippen LogP contribution is -2.04. The van der Waals surface area contributed by atoms with Crippen LogP contribution in [0.1, 0.15) is 23.7 Å². The fraction of sp³-hybridized carbons (Fsp3) is 0.455. The van der Waals surface area contributed by atoms with E-state index in [0.29, 0.717) is 0 Å². The summed E-state index contributed by atoms with van der Waals surface area (Å²) in [7, 11) is 1.39. The zero-order valence-corrected chi connectivity index (χ0v) is 9.41. The van der Waals surface area contributed by atoms with Gasteiger partial charge in [-0.15, -0.1) is 0 Å². The van der Waals surface area contributed by atoms with E-state index in [1.165, 1.54) is 7.11 Å². The van der Waals surface area contributed by atoms with Gasteiger partial charge < -0.3 is 4.74 Å². The first-order valence-corrected chi connectivity index (χ1v) is 5.30. The number of pyridine rings is 1. The number of aromatic nitrogens is 1. The molecule has 0 spiro atoms. The van der Waals surface area contributed by atoms with Crippen LogP contribution in [0.4, 0.5) is 0 Å². The zero-order chi connectivity index (χ0) is 12.3. The van der Waals surface area contributed by atoms with Gasteiger partial charge in [0, 0.05) is 22.2 Å². The van der Waals surface area contributed by atoms with Gasteiger partial charge in [-0.3, -0.25) is 9.78 Å². The summed E-state index contributed by atoms with van der Waals surface area (Å²) in [5, 5.41) is 3.46. The Labute approximate surface area is 98.2 Å². The van der Waals surface area contributed by atoms with Gasteiger partial charge in [-0.1, -0.05) is 11.2 Å². The molecule has 1 aromatic rings. The molecule has 2 unspecified atom stereocenters. The number of rotatable bonds is 4. The number of esters is 1. The summed E-state index contributed by atoms with van der Waals surface area (Å²) in [6.45, 7) is 0.236. The third-order valence-corrected chi connectivity index (χ3v) is 2.80. The second-order valence-corrected chi connectivity index (χ2v) is 3.91. The van der Waals surface area contributed by atoms with Crippen LogP contribution in [0.25, 0.3) is 10.4 Å². The van der Waals surface area contributed by atoms with Crippen molar-refractivity contribution < 1.29 is 9.53 Å². The Morgan fingerprint density at radius 2 is 2.53 bits per heavy atom. The predicted octanol–water partition coefficient (Wildman–Crippen LogP) is 2.17. The highest BCUT2D eigenvalue weighted by Crippen LogP contribution is 2.47. The summed E-state index contributed by atoms with van der Waals surface area (Å²) in [6.07, 6.45) is 0.782. The topological polar surface area (TPSA) is 88.0 Å². The molecule has 1 saturated carbocycles. The van der Waals surface area contributed by atoms with Gasteiger partial charge in [0.25, 0.3) is 0 Å². The molecular weight excluding hydrogens is 220 g/mol. The maximum atomic E-state index is 11.3. The number of nitrogens with zero attached hydrogens (tertiary/aromatic N) is 4. The van der Waals surface area contributed by atoms with E-state index in [1.807, 2.05) is 12.1 Å². The smallest absolute Gasteiger partial charge is 0.309 e. The molecule has 1 heterocycles. The molecule has 0 bridgehead atoms. The highest BCUT2D eigenvalue weighted by Gasteiger charge is 2.45. The van der Waals surface area contributed by atoms with Crippen molar-refractivity contribution >= 4 is 5.97 Å². The number of ether oxygens (including phenoxy) is 1. The molecule has 88 valence electrons. The maximum absolute atomic E-state index is 11.3. The molecule has 0 amide bonds. The van der Waals surface area contributed by atoms with Crippen LogP contribution in [0.3, 0.4) is 0 Å². The van der Waals surface area contributed by atoms with E-state index in [9.17, 15) is 4.79 Å². The second-order valence-electron chi connectivity index (χ2n) is 3.91. The van der Waals surface area contributed by atoms with E-state index < -0.39 is 0 Å². The molecule has 2 atom stereocenters. The van der Waals surface area contributed by atoms with Crippen LogP contribution >= 0.6 is 0 Å². The first-order valence-electron chi connectivity index (χ1n) is 5.30. The van der Waals surface area contributed by atoms with E-state index >= 15 is 0 Å². The molecule has 1 fully saturated rings. The molecule has 17 heavy (non-hydrogen) atoms. The second kappa shape index (κ2) is 4.84. The molecule has 0 saturated heterocycles. The number of methoxy groups -OCH3 is 1. The van der Waals surface area contributed by atoms with Gasteiger partial charge in [0.2, 0.25) is 0 Å². The number of azide groups is 1. The first kappa shape index (κ1) is 11.4. The van der Waals surface area contributed by atoms with Gasteiger partial charge in [-0.05, 0) is 24.1 Å². The van der Waals surface area contributed by atoms with Crippen LogP contribution in [-0.2, 0) is 16.1 Å². The Kier molecular flexibility index (Phi) is 3.25. The quantitative estimate of drug-likeness (QED) is 0.345. The summed E-state index contributed by atoms with van der Waals surface area (Å²) in [5.41, 5.74) is 9.82. The van der Waals surface area contributed by atoms with Crippen LogP contribution < -0.4 is 0 Å². The van der Waals surface area contributed by atoms with Crippen molar-refractivity contribution in [1.82, 2.24) is 4.98 Å². The van der Waals surface area contributed by atoms with E-state index in [-0.39, 0.29) is 24.3 Å². The van der Waals surface area contributed by atoms with Crippen LogP contribution in [0.2, 0.25) is 0 Å². The van der Waals surface area contributed by atoms with Gasteiger partial charge in [0.05, 0.1) is 19.6 Å². The minimum atomic E-state index is -0.183. The van der Waals surface area contributed by atoms with Gasteiger partial charge in [-0.25, -0.2) is 0 Å². The van der Waals surface area contributed by atoms with Gasteiger partial charge in [0.15, 0.2) is 0 Å². The third-order valence-electron chi connectivity index (χ3n) is 2.80. The average Bonchev–Trinajstić information content (AvgIpc) is 3.16. The van der Waals surface area contributed by atoms with E-state index in [1.54, 1.807) is 6.07 Å². The number of carbonyl (C=O) groups excluding carboxylic acids is 1. The molecule has 6 heteroatoms. The van der Waals surface area contributed by atoms with E-state index in [4.69, 9.17) is 5.53 Å². The lowest BCUT2D eigenvalue weighted by atomic mass is 10.2. The molecule has 6 nitrogen and oxygen atoms in total. The Hall–Kier alpha value is -2.07. The van der Waals surface area contributed by atoms with Crippen molar-refractivity contribution in [2.24, 2.45) is 11.0 Å². The summed E-state index contributed by atoms with van der Waals surface area (Å²) in [6, 6.07) is 5.54. The van der Waals surface area contributed by atoms with Gasteiger partial charge in [0.1, 0.15) is 0 Å². The number of carbonyl (C=O) groups is 1. The van der Waals surface area contributed by atoms with Crippen molar-refractivity contribution in [2.45, 2.75) is 18.9 Å². The summed E-state index contributed by atoms with van der Waals surface area (Å²) in [5.74, 6) is -0.104. The first-order chi connectivity index (χ1) is 8.26. The highest BCUT2D eigenvalue weighted by atomic mass is 16.5. The lowest BCUT2D eigenvalue weighted by Gasteiger charge is -2.01. The lowest BCUT2D eigenvalue weighted by molar-refractivity contribution is -0.142. The van der Waals surface area contributed by atoms with E-state index in [2.05, 4.69) is 19.7 Å². The molecular formula is C11H12N4O2. The standard InChI is InChI=1S/C11H12N4O2/c1-17-11(16)9-5-8(9)10-4-2-3-7(14-10)6-13-15-12/h2-4,8-9H,5-6H2,1H3. The Morgan fingerprint density at radius 1 is 1.71 bits per heavy atom.